The van der Waals surface area contributed by atoms with Crippen molar-refractivity contribution >= 4 is 28.3 Å². The van der Waals surface area contributed by atoms with Crippen LogP contribution in [0.2, 0.25) is 0 Å². The van der Waals surface area contributed by atoms with Gasteiger partial charge in [-0.15, -0.1) is 12.4 Å². The van der Waals surface area contributed by atoms with Gasteiger partial charge in [-0.05, 0) is 37.5 Å². The molecule has 0 aromatic heterocycles. The van der Waals surface area contributed by atoms with Gasteiger partial charge in [-0.1, -0.05) is 25.0 Å². The molecular formula is C16H26ClN3O3S. The lowest BCUT2D eigenvalue weighted by atomic mass is 9.97. The second-order valence-corrected chi connectivity index (χ2v) is 8.57. The molecule has 0 radical (unpaired) electrons. The summed E-state index contributed by atoms with van der Waals surface area (Å²) in [6.07, 6.45) is 3.39. The van der Waals surface area contributed by atoms with E-state index in [9.17, 15) is 13.2 Å². The van der Waals surface area contributed by atoms with Crippen molar-refractivity contribution in [1.29, 1.82) is 0 Å². The van der Waals surface area contributed by atoms with Gasteiger partial charge in [-0.25, -0.2) is 12.7 Å². The third kappa shape index (κ3) is 4.27. The second kappa shape index (κ2) is 7.82. The van der Waals surface area contributed by atoms with E-state index >= 15 is 0 Å². The van der Waals surface area contributed by atoms with Crippen molar-refractivity contribution in [2.75, 3.05) is 14.1 Å². The van der Waals surface area contributed by atoms with E-state index in [0.29, 0.717) is 12.8 Å². The lowest BCUT2D eigenvalue weighted by Crippen LogP contribution is -2.52. The summed E-state index contributed by atoms with van der Waals surface area (Å²) in [6.45, 7) is 1.87. The van der Waals surface area contributed by atoms with Crippen LogP contribution in [0.5, 0.6) is 0 Å². The predicted octanol–water partition coefficient (Wildman–Crippen LogP) is 1.81. The first kappa shape index (κ1) is 20.9. The molecule has 2 rings (SSSR count). The second-order valence-electron chi connectivity index (χ2n) is 6.41. The van der Waals surface area contributed by atoms with Gasteiger partial charge < -0.3 is 11.1 Å². The number of amides is 1. The Morgan fingerprint density at radius 3 is 2.17 bits per heavy atom. The van der Waals surface area contributed by atoms with Gasteiger partial charge in [0.2, 0.25) is 15.9 Å². The maximum atomic E-state index is 12.3. The Kier molecular flexibility index (Phi) is 6.81. The highest BCUT2D eigenvalue weighted by Gasteiger charge is 2.37. The van der Waals surface area contributed by atoms with Crippen molar-refractivity contribution in [3.8, 4) is 0 Å². The summed E-state index contributed by atoms with van der Waals surface area (Å²) in [5, 5.41) is 2.94. The highest BCUT2D eigenvalue weighted by Crippen LogP contribution is 2.28. The third-order valence-corrected chi connectivity index (χ3v) is 6.28. The van der Waals surface area contributed by atoms with Crippen molar-refractivity contribution in [3.63, 3.8) is 0 Å². The molecule has 1 atom stereocenters. The zero-order chi connectivity index (χ0) is 17.3. The van der Waals surface area contributed by atoms with E-state index < -0.39 is 15.6 Å². The molecule has 24 heavy (non-hydrogen) atoms. The molecule has 136 valence electrons. The van der Waals surface area contributed by atoms with Crippen molar-refractivity contribution < 1.29 is 13.2 Å². The zero-order valence-electron chi connectivity index (χ0n) is 14.3. The molecule has 0 aliphatic heterocycles. The van der Waals surface area contributed by atoms with Crippen LogP contribution in [0.25, 0.3) is 0 Å². The SMILES string of the molecule is CC(NC(=O)C1(N)CCCC1)c1ccc(S(=O)(=O)N(C)C)cc1.Cl. The number of nitrogens with one attached hydrogen (secondary N) is 1. The average molecular weight is 376 g/mol. The first-order valence-electron chi connectivity index (χ1n) is 7.79. The molecule has 1 aliphatic carbocycles. The van der Waals surface area contributed by atoms with Crippen molar-refractivity contribution in [2.24, 2.45) is 5.73 Å². The van der Waals surface area contributed by atoms with E-state index in [1.54, 1.807) is 24.3 Å². The van der Waals surface area contributed by atoms with E-state index in [-0.39, 0.29) is 29.3 Å². The minimum Gasteiger partial charge on any atom is -0.348 e. The van der Waals surface area contributed by atoms with Crippen molar-refractivity contribution in [1.82, 2.24) is 9.62 Å². The number of hydrogen-bond donors (Lipinski definition) is 2. The molecule has 1 aromatic rings. The summed E-state index contributed by atoms with van der Waals surface area (Å²) in [5.74, 6) is -0.132. The number of rotatable bonds is 5. The Labute approximate surface area is 150 Å². The number of carbonyl (C=O) groups is 1. The molecule has 0 saturated heterocycles. The summed E-state index contributed by atoms with van der Waals surface area (Å²) in [6, 6.07) is 6.33. The Morgan fingerprint density at radius 1 is 1.21 bits per heavy atom. The van der Waals surface area contributed by atoms with Gasteiger partial charge in [0.25, 0.3) is 0 Å². The van der Waals surface area contributed by atoms with Crippen molar-refractivity contribution in [3.05, 3.63) is 29.8 Å². The van der Waals surface area contributed by atoms with Gasteiger partial charge in [0.15, 0.2) is 0 Å². The van der Waals surface area contributed by atoms with Gasteiger partial charge in [-0.3, -0.25) is 4.79 Å². The van der Waals surface area contributed by atoms with Crippen molar-refractivity contribution in [2.45, 2.75) is 49.1 Å². The summed E-state index contributed by atoms with van der Waals surface area (Å²) in [7, 11) is -0.450. The first-order valence-corrected chi connectivity index (χ1v) is 9.23. The van der Waals surface area contributed by atoms with Crippen LogP contribution in [0.1, 0.15) is 44.2 Å². The smallest absolute Gasteiger partial charge is 0.242 e. The summed E-state index contributed by atoms with van der Waals surface area (Å²) < 4.78 is 25.3. The molecule has 3 N–H and O–H groups in total. The van der Waals surface area contributed by atoms with E-state index in [4.69, 9.17) is 5.73 Å². The maximum absolute atomic E-state index is 12.3. The molecule has 0 spiro atoms. The van der Waals surface area contributed by atoms with Gasteiger partial charge in [-0.2, -0.15) is 0 Å². The van der Waals surface area contributed by atoms with Crippen LogP contribution in [0.4, 0.5) is 0 Å². The normalized spacial score (nSPS) is 18.0. The van der Waals surface area contributed by atoms with E-state index in [0.717, 1.165) is 18.4 Å². The van der Waals surface area contributed by atoms with Gasteiger partial charge in [0.05, 0.1) is 16.5 Å². The molecular weight excluding hydrogens is 350 g/mol. The van der Waals surface area contributed by atoms with Crippen LogP contribution in [-0.4, -0.2) is 38.3 Å². The largest absolute Gasteiger partial charge is 0.348 e. The first-order chi connectivity index (χ1) is 10.7. The fourth-order valence-electron chi connectivity index (χ4n) is 2.80. The Balaban J connectivity index is 0.00000288. The Morgan fingerprint density at radius 2 is 1.71 bits per heavy atom. The molecule has 0 heterocycles. The highest BCUT2D eigenvalue weighted by atomic mass is 35.5. The van der Waals surface area contributed by atoms with Crippen LogP contribution < -0.4 is 11.1 Å². The number of halogens is 1. The molecule has 1 aliphatic rings. The van der Waals surface area contributed by atoms with Crippen LogP contribution in [0.15, 0.2) is 29.2 Å². The fraction of sp³-hybridized carbons (Fsp3) is 0.562. The lowest BCUT2D eigenvalue weighted by molar-refractivity contribution is -0.126. The van der Waals surface area contributed by atoms with E-state index in [1.807, 2.05) is 6.92 Å². The number of hydrogen-bond acceptors (Lipinski definition) is 4. The third-order valence-electron chi connectivity index (χ3n) is 4.45. The molecule has 8 heteroatoms. The average Bonchev–Trinajstić information content (AvgIpc) is 2.95. The minimum absolute atomic E-state index is 0. The fourth-order valence-corrected chi connectivity index (χ4v) is 3.70. The summed E-state index contributed by atoms with van der Waals surface area (Å²) >= 11 is 0. The molecule has 6 nitrogen and oxygen atoms in total. The van der Waals surface area contributed by atoms with Crippen LogP contribution >= 0.6 is 12.4 Å². The highest BCUT2D eigenvalue weighted by molar-refractivity contribution is 7.89. The molecule has 1 saturated carbocycles. The molecule has 1 fully saturated rings. The minimum atomic E-state index is -3.44. The van der Waals surface area contributed by atoms with E-state index in [2.05, 4.69) is 5.32 Å². The topological polar surface area (TPSA) is 92.5 Å². The standard InChI is InChI=1S/C16H25N3O3S.ClH/c1-12(18-15(20)16(17)10-4-5-11-16)13-6-8-14(9-7-13)23(21,22)19(2)3;/h6-9,12H,4-5,10-11,17H2,1-3H3,(H,18,20);1H. The number of nitrogens with two attached hydrogens (primary N) is 1. The van der Waals surface area contributed by atoms with Gasteiger partial charge in [0.1, 0.15) is 0 Å². The molecule has 1 unspecified atom stereocenters. The van der Waals surface area contributed by atoms with Crippen LogP contribution in [0, 0.1) is 0 Å². The summed E-state index contributed by atoms with van der Waals surface area (Å²) in [5.41, 5.74) is 6.23. The summed E-state index contributed by atoms with van der Waals surface area (Å²) in [4.78, 5) is 12.6. The number of nitrogens with zero attached hydrogens (tertiary/aromatic N) is 1. The Hall–Kier alpha value is -1.15. The van der Waals surface area contributed by atoms with E-state index in [1.165, 1.54) is 18.4 Å². The number of carbonyl (C=O) groups excluding carboxylic acids is 1. The quantitative estimate of drug-likeness (QED) is 0.820. The zero-order valence-corrected chi connectivity index (χ0v) is 15.9. The Bertz CT molecular complexity index is 668. The molecule has 1 aromatic carbocycles. The van der Waals surface area contributed by atoms with Gasteiger partial charge in [0, 0.05) is 14.1 Å². The van der Waals surface area contributed by atoms with Gasteiger partial charge >= 0.3 is 0 Å². The number of sulfonamides is 1. The predicted molar refractivity (Wildman–Crippen MR) is 96.5 cm³/mol. The lowest BCUT2D eigenvalue weighted by Gasteiger charge is -2.25. The number of benzene rings is 1. The van der Waals surface area contributed by atoms with Crippen LogP contribution in [-0.2, 0) is 14.8 Å². The molecule has 1 amide bonds. The van der Waals surface area contributed by atoms with Crippen LogP contribution in [0.3, 0.4) is 0 Å². The monoisotopic (exact) mass is 375 g/mol. The maximum Gasteiger partial charge on any atom is 0.242 e. The molecule has 0 bridgehead atoms.